The number of hydrogen-bond acceptors (Lipinski definition) is 4. The van der Waals surface area contributed by atoms with Crippen molar-refractivity contribution in [2.75, 3.05) is 5.32 Å². The summed E-state index contributed by atoms with van der Waals surface area (Å²) in [6.07, 6.45) is 1.59. The highest BCUT2D eigenvalue weighted by Crippen LogP contribution is 2.10. The molecule has 2 aromatic rings. The number of carbonyl (C=O) groups excluding carboxylic acids is 1. The van der Waals surface area contributed by atoms with Crippen LogP contribution in [0.3, 0.4) is 0 Å². The molecule has 0 unspecified atom stereocenters. The average Bonchev–Trinajstić information content (AvgIpc) is 2.30. The van der Waals surface area contributed by atoms with Crippen molar-refractivity contribution in [2.45, 2.75) is 13.8 Å². The van der Waals surface area contributed by atoms with Gasteiger partial charge in [-0.25, -0.2) is 4.79 Å². The van der Waals surface area contributed by atoms with Gasteiger partial charge in [-0.15, -0.1) is 0 Å². The highest BCUT2D eigenvalue weighted by Gasteiger charge is 2.11. The van der Waals surface area contributed by atoms with Crippen LogP contribution in [0.25, 0.3) is 5.65 Å². The van der Waals surface area contributed by atoms with Gasteiger partial charge in [0.25, 0.3) is 0 Å². The van der Waals surface area contributed by atoms with Crippen molar-refractivity contribution in [1.82, 2.24) is 14.4 Å². The van der Waals surface area contributed by atoms with Crippen LogP contribution in [-0.2, 0) is 4.79 Å². The summed E-state index contributed by atoms with van der Waals surface area (Å²) < 4.78 is 2.15. The van der Waals surface area contributed by atoms with Gasteiger partial charge in [-0.05, 0) is 34.7 Å². The van der Waals surface area contributed by atoms with Crippen molar-refractivity contribution in [2.24, 2.45) is 5.92 Å². The molecule has 0 saturated carbocycles. The van der Waals surface area contributed by atoms with Crippen molar-refractivity contribution >= 4 is 40.1 Å². The Kier molecular flexibility index (Phi) is 3.60. The zero-order chi connectivity index (χ0) is 13.3. The van der Waals surface area contributed by atoms with E-state index in [1.54, 1.807) is 26.1 Å². The monoisotopic (exact) mass is 358 g/mol. The molecule has 2 heterocycles. The van der Waals surface area contributed by atoms with Crippen LogP contribution in [0.1, 0.15) is 13.8 Å². The number of halogens is 1. The lowest BCUT2D eigenvalue weighted by atomic mass is 10.2. The van der Waals surface area contributed by atoms with Crippen LogP contribution in [0.15, 0.2) is 23.1 Å². The summed E-state index contributed by atoms with van der Waals surface area (Å²) in [5.74, 6) is -0.366. The van der Waals surface area contributed by atoms with Gasteiger partial charge < -0.3 is 0 Å². The minimum Gasteiger partial charge on any atom is -0.294 e. The standard InChI is InChI=1S/C11H11IN4O2/c1-6(2)9(17)14-10-13-8-7(12)4-3-5-16(8)11(18)15-10/h3-6H,1-2H3,(H,14,15,17,18). The fraction of sp³-hybridized carbons (Fsp3) is 0.273. The molecule has 0 fully saturated rings. The van der Waals surface area contributed by atoms with Gasteiger partial charge in [0, 0.05) is 12.1 Å². The fourth-order valence-electron chi connectivity index (χ4n) is 1.32. The van der Waals surface area contributed by atoms with Crippen molar-refractivity contribution in [3.63, 3.8) is 0 Å². The number of hydrogen-bond donors (Lipinski definition) is 1. The van der Waals surface area contributed by atoms with Crippen LogP contribution in [0.4, 0.5) is 5.95 Å². The molecule has 1 N–H and O–H groups in total. The van der Waals surface area contributed by atoms with Gasteiger partial charge in [0.1, 0.15) is 0 Å². The summed E-state index contributed by atoms with van der Waals surface area (Å²) in [6.45, 7) is 3.51. The minimum atomic E-state index is -0.461. The maximum absolute atomic E-state index is 11.8. The molecule has 0 spiro atoms. The molecule has 2 rings (SSSR count). The van der Waals surface area contributed by atoms with E-state index >= 15 is 0 Å². The number of amides is 1. The zero-order valence-corrected chi connectivity index (χ0v) is 12.0. The van der Waals surface area contributed by atoms with Crippen molar-refractivity contribution < 1.29 is 4.79 Å². The molecule has 6 nitrogen and oxygen atoms in total. The van der Waals surface area contributed by atoms with E-state index in [2.05, 4.69) is 37.9 Å². The third-order valence-corrected chi connectivity index (χ3v) is 3.14. The van der Waals surface area contributed by atoms with E-state index in [9.17, 15) is 9.59 Å². The molecule has 0 bridgehead atoms. The third kappa shape index (κ3) is 2.50. The van der Waals surface area contributed by atoms with Gasteiger partial charge in [0.15, 0.2) is 5.65 Å². The second kappa shape index (κ2) is 5.01. The minimum absolute atomic E-state index is 0.0443. The van der Waals surface area contributed by atoms with Gasteiger partial charge in [0.2, 0.25) is 11.9 Å². The van der Waals surface area contributed by atoms with Gasteiger partial charge >= 0.3 is 5.69 Å². The van der Waals surface area contributed by atoms with E-state index in [-0.39, 0.29) is 17.8 Å². The Balaban J connectivity index is 2.52. The van der Waals surface area contributed by atoms with Gasteiger partial charge in [-0.3, -0.25) is 14.5 Å². The van der Waals surface area contributed by atoms with Crippen LogP contribution in [0.5, 0.6) is 0 Å². The van der Waals surface area contributed by atoms with Gasteiger partial charge in [-0.1, -0.05) is 13.8 Å². The Morgan fingerprint density at radius 1 is 1.44 bits per heavy atom. The van der Waals surface area contributed by atoms with Crippen molar-refractivity contribution in [3.8, 4) is 0 Å². The predicted molar refractivity (Wildman–Crippen MR) is 75.4 cm³/mol. The third-order valence-electron chi connectivity index (χ3n) is 2.30. The van der Waals surface area contributed by atoms with Crippen LogP contribution in [-0.4, -0.2) is 20.3 Å². The average molecular weight is 358 g/mol. The number of fused-ring (bicyclic) bond motifs is 1. The molecule has 7 heteroatoms. The molecule has 94 valence electrons. The SMILES string of the molecule is CC(C)C(=O)Nc1nc(=O)n2cccc(I)c2n1. The second-order valence-electron chi connectivity index (χ2n) is 4.02. The molecule has 0 aliphatic rings. The first kappa shape index (κ1) is 12.9. The predicted octanol–water partition coefficient (Wildman–Crippen LogP) is 1.29. The molecule has 2 aromatic heterocycles. The summed E-state index contributed by atoms with van der Waals surface area (Å²) in [4.78, 5) is 31.2. The Morgan fingerprint density at radius 3 is 2.83 bits per heavy atom. The normalized spacial score (nSPS) is 10.9. The van der Waals surface area contributed by atoms with Crippen LogP contribution in [0, 0.1) is 9.49 Å². The number of anilines is 1. The molecule has 18 heavy (non-hydrogen) atoms. The van der Waals surface area contributed by atoms with Crippen LogP contribution < -0.4 is 11.0 Å². The Hall–Kier alpha value is -1.51. The molecule has 0 radical (unpaired) electrons. The summed E-state index contributed by atoms with van der Waals surface area (Å²) in [6, 6.07) is 3.57. The maximum atomic E-state index is 11.8. The maximum Gasteiger partial charge on any atom is 0.356 e. The molecule has 0 aliphatic carbocycles. The van der Waals surface area contributed by atoms with Gasteiger partial charge in [0.05, 0.1) is 3.57 Å². The first-order valence-corrected chi connectivity index (χ1v) is 6.42. The molecular weight excluding hydrogens is 347 g/mol. The van der Waals surface area contributed by atoms with E-state index < -0.39 is 5.69 Å². The van der Waals surface area contributed by atoms with E-state index in [1.807, 2.05) is 6.07 Å². The van der Waals surface area contributed by atoms with Crippen molar-refractivity contribution in [1.29, 1.82) is 0 Å². The number of nitrogens with one attached hydrogen (secondary N) is 1. The summed E-state index contributed by atoms with van der Waals surface area (Å²) in [5.41, 5.74) is 0.0229. The quantitative estimate of drug-likeness (QED) is 0.821. The number of aromatic nitrogens is 3. The first-order chi connectivity index (χ1) is 8.49. The number of nitrogens with zero attached hydrogens (tertiary/aromatic N) is 3. The number of pyridine rings is 1. The summed E-state index contributed by atoms with van der Waals surface area (Å²) in [5, 5.41) is 2.52. The van der Waals surface area contributed by atoms with E-state index in [0.717, 1.165) is 3.57 Å². The Morgan fingerprint density at radius 2 is 2.17 bits per heavy atom. The van der Waals surface area contributed by atoms with Crippen molar-refractivity contribution in [3.05, 3.63) is 32.4 Å². The largest absolute Gasteiger partial charge is 0.356 e. The molecule has 1 amide bonds. The Labute approximate surface area is 117 Å². The lowest BCUT2D eigenvalue weighted by Crippen LogP contribution is -2.25. The smallest absolute Gasteiger partial charge is 0.294 e. The number of carbonyl (C=O) groups is 1. The second-order valence-corrected chi connectivity index (χ2v) is 5.19. The molecule has 0 saturated heterocycles. The topological polar surface area (TPSA) is 76.4 Å². The molecule has 0 aromatic carbocycles. The van der Waals surface area contributed by atoms with Gasteiger partial charge in [-0.2, -0.15) is 9.97 Å². The first-order valence-electron chi connectivity index (χ1n) is 5.35. The molecule has 0 aliphatic heterocycles. The summed E-state index contributed by atoms with van der Waals surface area (Å²) in [7, 11) is 0. The highest BCUT2D eigenvalue weighted by atomic mass is 127. The molecular formula is C11H11IN4O2. The van der Waals surface area contributed by atoms with E-state index in [1.165, 1.54) is 4.40 Å². The lowest BCUT2D eigenvalue weighted by molar-refractivity contribution is -0.118. The Bertz CT molecular complexity index is 666. The number of rotatable bonds is 2. The van der Waals surface area contributed by atoms with E-state index in [0.29, 0.717) is 5.65 Å². The molecule has 0 atom stereocenters. The summed E-state index contributed by atoms with van der Waals surface area (Å²) >= 11 is 2.08. The highest BCUT2D eigenvalue weighted by molar-refractivity contribution is 14.1. The zero-order valence-electron chi connectivity index (χ0n) is 9.85. The van der Waals surface area contributed by atoms with E-state index in [4.69, 9.17) is 0 Å². The van der Waals surface area contributed by atoms with Crippen LogP contribution in [0.2, 0.25) is 0 Å². The van der Waals surface area contributed by atoms with Crippen LogP contribution >= 0.6 is 22.6 Å². The fourth-order valence-corrected chi connectivity index (χ4v) is 1.90. The lowest BCUT2D eigenvalue weighted by Gasteiger charge is -2.07.